The number of fused-ring (bicyclic) bond motifs is 1. The zero-order valence-corrected chi connectivity index (χ0v) is 16.4. The first kappa shape index (κ1) is 19.1. The Morgan fingerprint density at radius 1 is 1.17 bits per heavy atom. The number of nitrogens with one attached hydrogen (secondary N) is 1. The number of furan rings is 2. The van der Waals surface area contributed by atoms with Crippen molar-refractivity contribution in [3.05, 3.63) is 65.8 Å². The fourth-order valence-electron chi connectivity index (χ4n) is 3.75. The van der Waals surface area contributed by atoms with Gasteiger partial charge in [-0.1, -0.05) is 25.1 Å². The van der Waals surface area contributed by atoms with Gasteiger partial charge in [0.1, 0.15) is 11.3 Å². The van der Waals surface area contributed by atoms with Crippen molar-refractivity contribution in [3.8, 4) is 0 Å². The quantitative estimate of drug-likeness (QED) is 0.666. The molecule has 3 aromatic rings. The first-order valence-corrected chi connectivity index (χ1v) is 9.97. The Labute approximate surface area is 169 Å². The standard InChI is InChI=1S/C23H24N2O4/c1-2-19-18(17-6-3-4-7-20(17)29-19)9-10-22(26)24-16-11-13-25(14-12-16)23(27)21-8-5-15-28-21/h3-10,15-16H,2,11-14H2,1H3,(H,24,26)/b10-9+. The zero-order valence-electron chi connectivity index (χ0n) is 16.4. The molecule has 2 aromatic heterocycles. The van der Waals surface area contributed by atoms with Gasteiger partial charge in [-0.25, -0.2) is 0 Å². The summed E-state index contributed by atoms with van der Waals surface area (Å²) in [6, 6.07) is 11.3. The number of carbonyl (C=O) groups excluding carboxylic acids is 2. The minimum atomic E-state index is -0.131. The molecule has 1 N–H and O–H groups in total. The molecule has 0 saturated carbocycles. The van der Waals surface area contributed by atoms with E-state index in [1.807, 2.05) is 37.3 Å². The minimum Gasteiger partial charge on any atom is -0.460 e. The first-order chi connectivity index (χ1) is 14.2. The van der Waals surface area contributed by atoms with Crippen LogP contribution < -0.4 is 5.32 Å². The summed E-state index contributed by atoms with van der Waals surface area (Å²) in [5, 5.41) is 4.06. The van der Waals surface area contributed by atoms with Crippen molar-refractivity contribution in [1.29, 1.82) is 0 Å². The number of carbonyl (C=O) groups is 2. The number of hydrogen-bond acceptors (Lipinski definition) is 4. The van der Waals surface area contributed by atoms with Crippen LogP contribution in [0.1, 0.15) is 41.6 Å². The summed E-state index contributed by atoms with van der Waals surface area (Å²) in [4.78, 5) is 26.5. The van der Waals surface area contributed by atoms with Crippen molar-refractivity contribution in [3.63, 3.8) is 0 Å². The number of nitrogens with zero attached hydrogens (tertiary/aromatic N) is 1. The summed E-state index contributed by atoms with van der Waals surface area (Å²) in [6.07, 6.45) is 7.10. The lowest BCUT2D eigenvalue weighted by atomic mass is 10.0. The Hall–Kier alpha value is -3.28. The van der Waals surface area contributed by atoms with Crippen LogP contribution in [0.25, 0.3) is 17.0 Å². The second kappa shape index (κ2) is 8.39. The van der Waals surface area contributed by atoms with Crippen LogP contribution in [-0.2, 0) is 11.2 Å². The molecular weight excluding hydrogens is 368 g/mol. The summed E-state index contributed by atoms with van der Waals surface area (Å²) in [5.41, 5.74) is 1.79. The molecule has 1 aliphatic heterocycles. The molecule has 150 valence electrons. The van der Waals surface area contributed by atoms with E-state index in [2.05, 4.69) is 5.32 Å². The maximum atomic E-state index is 12.4. The van der Waals surface area contributed by atoms with Gasteiger partial charge in [0.05, 0.1) is 6.26 Å². The van der Waals surface area contributed by atoms with Gasteiger partial charge in [0.15, 0.2) is 5.76 Å². The Morgan fingerprint density at radius 2 is 1.97 bits per heavy atom. The van der Waals surface area contributed by atoms with Crippen LogP contribution in [0.5, 0.6) is 0 Å². The van der Waals surface area contributed by atoms with Gasteiger partial charge in [0.2, 0.25) is 5.91 Å². The van der Waals surface area contributed by atoms with E-state index in [-0.39, 0.29) is 17.9 Å². The van der Waals surface area contributed by atoms with Gasteiger partial charge in [-0.15, -0.1) is 0 Å². The lowest BCUT2D eigenvalue weighted by molar-refractivity contribution is -0.117. The van der Waals surface area contributed by atoms with Crippen molar-refractivity contribution >= 4 is 28.9 Å². The fraction of sp³-hybridized carbons (Fsp3) is 0.304. The Bertz CT molecular complexity index is 1020. The molecular formula is C23H24N2O4. The van der Waals surface area contributed by atoms with Crippen molar-refractivity contribution < 1.29 is 18.4 Å². The third-order valence-electron chi connectivity index (χ3n) is 5.29. The van der Waals surface area contributed by atoms with E-state index in [9.17, 15) is 9.59 Å². The van der Waals surface area contributed by atoms with E-state index in [1.165, 1.54) is 6.26 Å². The van der Waals surface area contributed by atoms with Crippen LogP contribution in [-0.4, -0.2) is 35.8 Å². The van der Waals surface area contributed by atoms with Crippen molar-refractivity contribution in [2.45, 2.75) is 32.2 Å². The topological polar surface area (TPSA) is 75.7 Å². The number of amides is 2. The molecule has 0 atom stereocenters. The van der Waals surface area contributed by atoms with E-state index < -0.39 is 0 Å². The van der Waals surface area contributed by atoms with Gasteiger partial charge in [-0.05, 0) is 37.1 Å². The van der Waals surface area contributed by atoms with Crippen LogP contribution in [0.2, 0.25) is 0 Å². The fourth-order valence-corrected chi connectivity index (χ4v) is 3.75. The number of aryl methyl sites for hydroxylation is 1. The molecule has 3 heterocycles. The normalized spacial score (nSPS) is 15.3. The van der Waals surface area contributed by atoms with E-state index in [0.29, 0.717) is 18.8 Å². The maximum absolute atomic E-state index is 12.4. The maximum Gasteiger partial charge on any atom is 0.289 e. The van der Waals surface area contributed by atoms with Crippen LogP contribution >= 0.6 is 0 Å². The minimum absolute atomic E-state index is 0.0551. The molecule has 4 rings (SSSR count). The van der Waals surface area contributed by atoms with Gasteiger partial charge in [-0.3, -0.25) is 9.59 Å². The Balaban J connectivity index is 1.35. The second-order valence-electron chi connectivity index (χ2n) is 7.17. The molecule has 29 heavy (non-hydrogen) atoms. The molecule has 0 spiro atoms. The van der Waals surface area contributed by atoms with Gasteiger partial charge < -0.3 is 19.1 Å². The molecule has 0 unspecified atom stereocenters. The highest BCUT2D eigenvalue weighted by Gasteiger charge is 2.25. The van der Waals surface area contributed by atoms with E-state index in [4.69, 9.17) is 8.83 Å². The molecule has 1 saturated heterocycles. The summed E-state index contributed by atoms with van der Waals surface area (Å²) in [6.45, 7) is 3.23. The Kier molecular flexibility index (Phi) is 5.51. The van der Waals surface area contributed by atoms with Gasteiger partial charge in [-0.2, -0.15) is 0 Å². The lowest BCUT2D eigenvalue weighted by Crippen LogP contribution is -2.46. The lowest BCUT2D eigenvalue weighted by Gasteiger charge is -2.31. The number of likely N-dealkylation sites (tertiary alicyclic amines) is 1. The number of rotatable bonds is 5. The van der Waals surface area contributed by atoms with Gasteiger partial charge >= 0.3 is 0 Å². The van der Waals surface area contributed by atoms with Gasteiger partial charge in [0, 0.05) is 42.6 Å². The highest BCUT2D eigenvalue weighted by Crippen LogP contribution is 2.27. The molecule has 0 radical (unpaired) electrons. The monoisotopic (exact) mass is 392 g/mol. The third kappa shape index (κ3) is 4.11. The molecule has 6 heteroatoms. The molecule has 0 aliphatic carbocycles. The van der Waals surface area contributed by atoms with Crippen LogP contribution in [0.3, 0.4) is 0 Å². The predicted octanol–water partition coefficient (Wildman–Crippen LogP) is 4.02. The molecule has 0 bridgehead atoms. The van der Waals surface area contributed by atoms with E-state index in [0.717, 1.165) is 41.6 Å². The van der Waals surface area contributed by atoms with Crippen molar-refractivity contribution in [2.24, 2.45) is 0 Å². The third-order valence-corrected chi connectivity index (χ3v) is 5.29. The SMILES string of the molecule is CCc1oc2ccccc2c1/C=C/C(=O)NC1CCN(C(=O)c2ccco2)CC1. The molecule has 6 nitrogen and oxygen atoms in total. The number of hydrogen-bond donors (Lipinski definition) is 1. The Morgan fingerprint density at radius 3 is 2.69 bits per heavy atom. The molecule has 1 fully saturated rings. The van der Waals surface area contributed by atoms with Crippen molar-refractivity contribution in [1.82, 2.24) is 10.2 Å². The second-order valence-corrected chi connectivity index (χ2v) is 7.17. The average Bonchev–Trinajstić information content (AvgIpc) is 3.40. The van der Waals surface area contributed by atoms with E-state index in [1.54, 1.807) is 23.1 Å². The molecule has 2 amide bonds. The van der Waals surface area contributed by atoms with E-state index >= 15 is 0 Å². The number of benzene rings is 1. The summed E-state index contributed by atoms with van der Waals surface area (Å²) < 4.78 is 11.0. The number of para-hydroxylation sites is 1. The van der Waals surface area contributed by atoms with Crippen molar-refractivity contribution in [2.75, 3.05) is 13.1 Å². The van der Waals surface area contributed by atoms with Crippen LogP contribution in [0, 0.1) is 0 Å². The highest BCUT2D eigenvalue weighted by atomic mass is 16.3. The molecule has 1 aliphatic rings. The van der Waals surface area contributed by atoms with Gasteiger partial charge in [0.25, 0.3) is 5.91 Å². The average molecular weight is 392 g/mol. The summed E-state index contributed by atoms with van der Waals surface area (Å²) >= 11 is 0. The van der Waals surface area contributed by atoms with Crippen LogP contribution in [0.4, 0.5) is 0 Å². The largest absolute Gasteiger partial charge is 0.460 e. The zero-order chi connectivity index (χ0) is 20.2. The molecule has 1 aromatic carbocycles. The predicted molar refractivity (Wildman–Crippen MR) is 110 cm³/mol. The first-order valence-electron chi connectivity index (χ1n) is 9.97. The summed E-state index contributed by atoms with van der Waals surface area (Å²) in [5.74, 6) is 1.00. The smallest absolute Gasteiger partial charge is 0.289 e. The van der Waals surface area contributed by atoms with Crippen LogP contribution in [0.15, 0.2) is 57.6 Å². The highest BCUT2D eigenvalue weighted by molar-refractivity contribution is 5.96. The number of piperidine rings is 1. The summed E-state index contributed by atoms with van der Waals surface area (Å²) in [7, 11) is 0.